The van der Waals surface area contributed by atoms with Gasteiger partial charge in [-0.1, -0.05) is 101 Å². The van der Waals surface area contributed by atoms with Crippen molar-refractivity contribution in [2.75, 3.05) is 111 Å². The number of aryl methyl sites for hydroxylation is 2. The predicted octanol–water partition coefficient (Wildman–Crippen LogP) is 18.7. The van der Waals surface area contributed by atoms with Gasteiger partial charge in [0.2, 0.25) is 29.6 Å². The lowest BCUT2D eigenvalue weighted by Crippen LogP contribution is -2.37. The van der Waals surface area contributed by atoms with Crippen molar-refractivity contribution in [1.82, 2.24) is 62.9 Å². The molecule has 0 spiro atoms. The van der Waals surface area contributed by atoms with Gasteiger partial charge in [0.1, 0.15) is 57.3 Å². The van der Waals surface area contributed by atoms with Crippen LogP contribution in [0.5, 0.6) is 34.5 Å². The molecule has 0 radical (unpaired) electrons. The highest BCUT2D eigenvalue weighted by molar-refractivity contribution is 6.43. The van der Waals surface area contributed by atoms with Crippen molar-refractivity contribution in [2.45, 2.75) is 70.6 Å². The lowest BCUT2D eigenvalue weighted by atomic mass is 9.91. The van der Waals surface area contributed by atoms with Crippen LogP contribution in [0.25, 0.3) is 83.3 Å². The highest BCUT2D eigenvalue weighted by atomic mass is 35.5. The third kappa shape index (κ3) is 18.1. The van der Waals surface area contributed by atoms with Crippen LogP contribution in [0.1, 0.15) is 74.0 Å². The number of fused-ring (bicyclic) bond motifs is 9. The molecule has 26 nitrogen and oxygen atoms in total. The molecule has 2 aliphatic rings. The van der Waals surface area contributed by atoms with Crippen LogP contribution in [0.15, 0.2) is 142 Å². The normalized spacial score (nSPS) is 13.1. The highest BCUT2D eigenvalue weighted by Gasteiger charge is 2.30. The van der Waals surface area contributed by atoms with Crippen LogP contribution in [0, 0.1) is 11.8 Å². The fourth-order valence-corrected chi connectivity index (χ4v) is 17.3. The topological polar surface area (TPSA) is 278 Å². The van der Waals surface area contributed by atoms with E-state index in [0.717, 1.165) is 163 Å². The first kappa shape index (κ1) is 85.5. The third-order valence-electron chi connectivity index (χ3n) is 21.4. The summed E-state index contributed by atoms with van der Waals surface area (Å²) in [6.45, 7) is 13.9. The molecule has 2 fully saturated rings. The minimum atomic E-state index is -0.279. The average Bonchev–Trinajstić information content (AvgIpc) is 1.69. The number of carbonyl (C=O) groups is 3. The molecule has 11 heterocycles. The van der Waals surface area contributed by atoms with Crippen molar-refractivity contribution in [3.05, 3.63) is 195 Å². The van der Waals surface area contributed by atoms with E-state index in [2.05, 4.69) is 71.5 Å². The van der Waals surface area contributed by atoms with E-state index >= 15 is 0 Å². The number of aromatic nitrogens is 11. The monoisotopic (exact) mass is 1730 g/mol. The molecular formula is C87H89Cl6N17O9. The van der Waals surface area contributed by atoms with Gasteiger partial charge in [-0.05, 0) is 130 Å². The Morgan fingerprint density at radius 1 is 0.454 bits per heavy atom. The maximum atomic E-state index is 11.9. The maximum Gasteiger partial charge on any atom is 0.247 e. The number of pyridine rings is 4. The van der Waals surface area contributed by atoms with Crippen LogP contribution >= 0.6 is 69.6 Å². The molecule has 3 amide bonds. The minimum Gasteiger partial charge on any atom is -0.495 e. The fraction of sp³-hybridized carbons (Fsp3) is 0.299. The second-order valence-electron chi connectivity index (χ2n) is 28.4. The molecular weight excluding hydrogens is 1640 g/mol. The number of ether oxygens (including phenoxy) is 6. The summed E-state index contributed by atoms with van der Waals surface area (Å²) in [6, 6.07) is 20.4. The van der Waals surface area contributed by atoms with Crippen LogP contribution in [0.3, 0.4) is 0 Å². The smallest absolute Gasteiger partial charge is 0.247 e. The van der Waals surface area contributed by atoms with Gasteiger partial charge in [0, 0.05) is 170 Å². The van der Waals surface area contributed by atoms with Gasteiger partial charge in [0.15, 0.2) is 11.3 Å². The molecule has 0 unspecified atom stereocenters. The fourth-order valence-electron chi connectivity index (χ4n) is 15.2. The summed E-state index contributed by atoms with van der Waals surface area (Å²) < 4.78 is 39.0. The Kier molecular flexibility index (Phi) is 27.4. The van der Waals surface area contributed by atoms with Gasteiger partial charge in [-0.2, -0.15) is 9.97 Å². The van der Waals surface area contributed by atoms with Gasteiger partial charge in [-0.15, -0.1) is 0 Å². The molecule has 0 saturated carbocycles. The Morgan fingerprint density at radius 2 is 0.840 bits per heavy atom. The van der Waals surface area contributed by atoms with Gasteiger partial charge in [0.05, 0.1) is 95.4 Å². The molecule has 15 rings (SSSR count). The van der Waals surface area contributed by atoms with Gasteiger partial charge < -0.3 is 59.5 Å². The standard InChI is InChI=1S/C30H33Cl2N5O3.C29H32Cl2N6O3.C28H24Cl2N6O3/c1-5-26(38)36-11-9-18(10-12-36)7-6-8-20-17-37-22-14-25(33-2)34-16-19(22)13-21(30(37)35-20)27-28(31)23(39-3)15-24(40-4)29(27)32;1-5-23(38)36-11-9-17(10-12-36)7-6-8-19-16-37-27-18(15-33-29(32-2)35-27)13-20(28(37)34-19)24-25(30)21(39-3)14-22(40-4)26(24)31;1-5-22(37)33-17-8-6-7-15(9-17)10-18-14-36-26-16(13-32-28(31-2)35-26)11-19(27(36)34-18)23-24(29)20(38-3)12-21(39-4)25(23)30/h5,13-18H,1,6-12H2,2-4H3,(H,33,34);5,13-17H,1,6-12H2,2-4H3,(H,32,33,35);5-9,11-14H,1,10H2,2-4H3,(H,33,37)(H,31,32,35). The first-order valence-corrected chi connectivity index (χ1v) is 40.7. The van der Waals surface area contributed by atoms with Crippen LogP contribution in [-0.2, 0) is 33.6 Å². The number of piperidine rings is 2. The molecule has 119 heavy (non-hydrogen) atoms. The number of methoxy groups -OCH3 is 6. The Morgan fingerprint density at radius 3 is 1.24 bits per heavy atom. The molecule has 4 N–H and O–H groups in total. The zero-order chi connectivity index (χ0) is 84.5. The number of amides is 3. The maximum absolute atomic E-state index is 11.9. The Hall–Kier alpha value is -11.4. The summed E-state index contributed by atoms with van der Waals surface area (Å²) in [6.07, 6.45) is 25.7. The molecule has 0 aliphatic carbocycles. The molecule has 2 aliphatic heterocycles. The number of halogens is 6. The lowest BCUT2D eigenvalue weighted by Gasteiger charge is -2.31. The number of benzene rings is 4. The van der Waals surface area contributed by atoms with Gasteiger partial charge >= 0.3 is 0 Å². The van der Waals surface area contributed by atoms with Crippen molar-refractivity contribution in [2.24, 2.45) is 11.8 Å². The first-order valence-electron chi connectivity index (χ1n) is 38.5. The predicted molar refractivity (Wildman–Crippen MR) is 474 cm³/mol. The number of nitrogens with one attached hydrogen (secondary N) is 4. The highest BCUT2D eigenvalue weighted by Crippen LogP contribution is 2.51. The number of likely N-dealkylation sites (tertiary alicyclic amines) is 2. The molecule has 4 aromatic carbocycles. The summed E-state index contributed by atoms with van der Waals surface area (Å²) >= 11 is 40.9. The number of carbonyl (C=O) groups excluding carboxylic acids is 3. The summed E-state index contributed by atoms with van der Waals surface area (Å²) in [5.74, 6) is 5.36. The van der Waals surface area contributed by atoms with Gasteiger partial charge in [0.25, 0.3) is 0 Å². The van der Waals surface area contributed by atoms with E-state index in [1.807, 2.05) is 92.8 Å². The number of anilines is 4. The SMILES string of the molecule is C=CC(=O)N1CCC(CCCc2cn3c(n2)c(-c2c(Cl)c(OC)cc(OC)c2Cl)cc2cnc(NC)cc23)CC1.C=CC(=O)N1CCC(CCCc2cn3c(n2)c(-c2c(Cl)c(OC)cc(OC)c2Cl)cc2cnc(NC)nc23)CC1.C=CC(=O)Nc1cccc(Cc2cn3c(n2)c(-c2c(Cl)c(OC)cc(OC)c2Cl)cc2cnc(NC)nc23)c1. The van der Waals surface area contributed by atoms with Crippen LogP contribution in [0.4, 0.5) is 23.4 Å². The van der Waals surface area contributed by atoms with E-state index < -0.39 is 0 Å². The van der Waals surface area contributed by atoms with Crippen molar-refractivity contribution in [3.8, 4) is 67.9 Å². The Labute approximate surface area is 717 Å². The first-order chi connectivity index (χ1) is 57.6. The molecule has 9 aromatic heterocycles. The van der Waals surface area contributed by atoms with Gasteiger partial charge in [-0.3, -0.25) is 27.6 Å². The lowest BCUT2D eigenvalue weighted by molar-refractivity contribution is -0.128. The van der Waals surface area contributed by atoms with Crippen molar-refractivity contribution >= 4 is 161 Å². The van der Waals surface area contributed by atoms with E-state index in [4.69, 9.17) is 118 Å². The summed E-state index contributed by atoms with van der Waals surface area (Å²) in [5.41, 5.74) is 12.5. The number of hydrogen-bond acceptors (Lipinski definition) is 20. The molecule has 0 bridgehead atoms. The zero-order valence-corrected chi connectivity index (χ0v) is 71.7. The van der Waals surface area contributed by atoms with Gasteiger partial charge in [-0.25, -0.2) is 29.9 Å². The van der Waals surface area contributed by atoms with E-state index in [-0.39, 0.29) is 17.7 Å². The van der Waals surface area contributed by atoms with E-state index in [1.54, 1.807) is 73.1 Å². The molecule has 618 valence electrons. The van der Waals surface area contributed by atoms with Crippen molar-refractivity contribution in [1.29, 1.82) is 0 Å². The van der Waals surface area contributed by atoms with Crippen molar-refractivity contribution in [3.63, 3.8) is 0 Å². The van der Waals surface area contributed by atoms with E-state index in [9.17, 15) is 14.4 Å². The summed E-state index contributed by atoms with van der Waals surface area (Å²) in [4.78, 5) is 77.1. The second-order valence-corrected chi connectivity index (χ2v) is 30.7. The van der Waals surface area contributed by atoms with E-state index in [1.165, 1.54) is 32.4 Å². The number of hydrogen-bond donors (Lipinski definition) is 4. The largest absolute Gasteiger partial charge is 0.495 e. The third-order valence-corrected chi connectivity index (χ3v) is 23.7. The average molecular weight is 1730 g/mol. The number of nitrogens with zero attached hydrogens (tertiary/aromatic N) is 13. The van der Waals surface area contributed by atoms with Crippen LogP contribution < -0.4 is 49.7 Å². The number of rotatable bonds is 26. The van der Waals surface area contributed by atoms with E-state index in [0.29, 0.717) is 140 Å². The zero-order valence-electron chi connectivity index (χ0n) is 67.2. The Balaban J connectivity index is 0.000000155. The second kappa shape index (κ2) is 38.1. The van der Waals surface area contributed by atoms with Crippen LogP contribution in [0.2, 0.25) is 30.1 Å². The minimum absolute atomic E-state index is 0.0188. The number of imidazole rings is 3. The summed E-state index contributed by atoms with van der Waals surface area (Å²) in [5, 5.41) is 16.5. The molecule has 2 saturated heterocycles. The molecule has 0 atom stereocenters. The quantitative estimate of drug-likeness (QED) is 0.0367. The Bertz CT molecular complexity index is 5740. The van der Waals surface area contributed by atoms with Crippen molar-refractivity contribution < 1.29 is 42.8 Å². The molecule has 32 heteroatoms. The summed E-state index contributed by atoms with van der Waals surface area (Å²) in [7, 11) is 14.7. The van der Waals surface area contributed by atoms with Crippen LogP contribution in [-0.4, -0.2) is 171 Å². The molecule has 13 aromatic rings.